The standard InChI is InChI=1S/C30H40N6O5/c37-26-7-6-25(27(38)31-26)36-28(39)23-5-4-22(20-24(23)29(36)40)33-14-9-21(10-15-33)8-13-32-16-18-35(19-17-32)30(41)34-11-2-1-3-12-34/h4-5,20-21,25H,1-3,6-19H2,(H,31,37,38). The van der Waals surface area contributed by atoms with Gasteiger partial charge < -0.3 is 14.7 Å². The summed E-state index contributed by atoms with van der Waals surface area (Å²) >= 11 is 0. The number of nitrogens with one attached hydrogen (secondary N) is 1. The van der Waals surface area contributed by atoms with E-state index < -0.39 is 23.8 Å². The van der Waals surface area contributed by atoms with Crippen molar-refractivity contribution in [1.82, 2.24) is 24.9 Å². The zero-order chi connectivity index (χ0) is 28.5. The van der Waals surface area contributed by atoms with Crippen LogP contribution >= 0.6 is 0 Å². The number of piperidine rings is 3. The van der Waals surface area contributed by atoms with Gasteiger partial charge in [-0.3, -0.25) is 34.3 Å². The van der Waals surface area contributed by atoms with Gasteiger partial charge in [0.1, 0.15) is 6.04 Å². The number of amides is 6. The van der Waals surface area contributed by atoms with Gasteiger partial charge >= 0.3 is 6.03 Å². The highest BCUT2D eigenvalue weighted by Gasteiger charge is 2.44. The number of nitrogens with zero attached hydrogens (tertiary/aromatic N) is 5. The maximum absolute atomic E-state index is 13.2. The maximum Gasteiger partial charge on any atom is 0.320 e. The highest BCUT2D eigenvalue weighted by atomic mass is 16.2. The van der Waals surface area contributed by atoms with E-state index in [1.54, 1.807) is 12.1 Å². The zero-order valence-corrected chi connectivity index (χ0v) is 23.7. The minimum atomic E-state index is -0.947. The van der Waals surface area contributed by atoms with Gasteiger partial charge in [0.15, 0.2) is 0 Å². The Labute approximate surface area is 240 Å². The largest absolute Gasteiger partial charge is 0.371 e. The van der Waals surface area contributed by atoms with E-state index in [4.69, 9.17) is 0 Å². The monoisotopic (exact) mass is 564 g/mol. The van der Waals surface area contributed by atoms with Crippen LogP contribution in [0, 0.1) is 5.92 Å². The van der Waals surface area contributed by atoms with Gasteiger partial charge in [-0.2, -0.15) is 0 Å². The molecule has 41 heavy (non-hydrogen) atoms. The molecule has 0 saturated carbocycles. The highest BCUT2D eigenvalue weighted by molar-refractivity contribution is 6.23. The van der Waals surface area contributed by atoms with Crippen molar-refractivity contribution in [3.05, 3.63) is 29.3 Å². The first kappa shape index (κ1) is 27.7. The molecule has 4 fully saturated rings. The van der Waals surface area contributed by atoms with Crippen molar-refractivity contribution in [1.29, 1.82) is 0 Å². The van der Waals surface area contributed by atoms with Gasteiger partial charge in [-0.05, 0) is 75.6 Å². The second-order valence-corrected chi connectivity index (χ2v) is 12.1. The van der Waals surface area contributed by atoms with E-state index in [-0.39, 0.29) is 24.8 Å². The molecule has 1 atom stereocenters. The topological polar surface area (TPSA) is 114 Å². The van der Waals surface area contributed by atoms with E-state index in [2.05, 4.69) is 15.1 Å². The van der Waals surface area contributed by atoms with Gasteiger partial charge in [0.2, 0.25) is 11.8 Å². The van der Waals surface area contributed by atoms with Gasteiger partial charge in [0.05, 0.1) is 11.1 Å². The number of likely N-dealkylation sites (tertiary alicyclic amines) is 1. The third-order valence-corrected chi connectivity index (χ3v) is 9.53. The Kier molecular flexibility index (Phi) is 7.96. The van der Waals surface area contributed by atoms with Crippen LogP contribution in [0.15, 0.2) is 18.2 Å². The van der Waals surface area contributed by atoms with Crippen molar-refractivity contribution < 1.29 is 24.0 Å². The molecule has 0 bridgehead atoms. The predicted octanol–water partition coefficient (Wildman–Crippen LogP) is 1.92. The summed E-state index contributed by atoms with van der Waals surface area (Å²) in [6.07, 6.45) is 7.03. The number of imide groups is 2. The molecule has 0 spiro atoms. The van der Waals surface area contributed by atoms with Crippen LogP contribution in [0.1, 0.15) is 72.1 Å². The summed E-state index contributed by atoms with van der Waals surface area (Å²) in [4.78, 5) is 72.6. The normalized spacial score (nSPS) is 24.6. The zero-order valence-electron chi connectivity index (χ0n) is 23.7. The van der Waals surface area contributed by atoms with E-state index in [9.17, 15) is 24.0 Å². The molecule has 1 aromatic rings. The van der Waals surface area contributed by atoms with Crippen LogP contribution in [0.3, 0.4) is 0 Å². The molecule has 5 aliphatic rings. The molecular formula is C30H40N6O5. The van der Waals surface area contributed by atoms with Gasteiger partial charge in [-0.25, -0.2) is 4.79 Å². The number of anilines is 1. The van der Waals surface area contributed by atoms with Crippen molar-refractivity contribution >= 4 is 35.3 Å². The Hall–Kier alpha value is -3.47. The minimum absolute atomic E-state index is 0.110. The minimum Gasteiger partial charge on any atom is -0.371 e. The summed E-state index contributed by atoms with van der Waals surface area (Å²) in [5, 5.41) is 2.24. The molecule has 5 heterocycles. The summed E-state index contributed by atoms with van der Waals surface area (Å²) in [5.74, 6) is -1.27. The molecule has 6 amide bonds. The van der Waals surface area contributed by atoms with E-state index in [0.717, 1.165) is 102 Å². The average molecular weight is 565 g/mol. The van der Waals surface area contributed by atoms with Gasteiger partial charge in [0, 0.05) is 64.5 Å². The average Bonchev–Trinajstić information content (AvgIpc) is 3.25. The second-order valence-electron chi connectivity index (χ2n) is 12.1. The molecule has 0 aromatic heterocycles. The maximum atomic E-state index is 13.2. The van der Waals surface area contributed by atoms with Crippen molar-refractivity contribution in [3.8, 4) is 0 Å². The fraction of sp³-hybridized carbons (Fsp3) is 0.633. The molecule has 11 heteroatoms. The number of rotatable bonds is 5. The molecule has 0 radical (unpaired) electrons. The molecule has 4 saturated heterocycles. The summed E-state index contributed by atoms with van der Waals surface area (Å²) in [6.45, 7) is 8.15. The molecule has 1 unspecified atom stereocenters. The highest BCUT2D eigenvalue weighted by Crippen LogP contribution is 2.32. The number of benzene rings is 1. The van der Waals surface area contributed by atoms with Crippen molar-refractivity contribution in [3.63, 3.8) is 0 Å². The van der Waals surface area contributed by atoms with Crippen LogP contribution in [0.4, 0.5) is 10.5 Å². The second kappa shape index (κ2) is 11.8. The molecule has 0 aliphatic carbocycles. The summed E-state index contributed by atoms with van der Waals surface area (Å²) in [6, 6.07) is 4.64. The SMILES string of the molecule is O=C1CCC(N2C(=O)c3ccc(N4CCC(CCN5CCN(C(=O)N6CCCCC6)CC5)CC4)cc3C2=O)C(=O)N1. The lowest BCUT2D eigenvalue weighted by Crippen LogP contribution is -2.54. The van der Waals surface area contributed by atoms with Crippen LogP contribution in [-0.2, 0) is 9.59 Å². The fourth-order valence-electron chi connectivity index (χ4n) is 6.95. The molecule has 1 aromatic carbocycles. The first-order valence-corrected chi connectivity index (χ1v) is 15.3. The Bertz CT molecular complexity index is 1210. The van der Waals surface area contributed by atoms with Crippen LogP contribution in [0.5, 0.6) is 0 Å². The Morgan fingerprint density at radius 1 is 0.780 bits per heavy atom. The number of hydrogen-bond acceptors (Lipinski definition) is 7. The fourth-order valence-corrected chi connectivity index (χ4v) is 6.95. The van der Waals surface area contributed by atoms with E-state index in [0.29, 0.717) is 17.0 Å². The van der Waals surface area contributed by atoms with Crippen molar-refractivity contribution in [2.75, 3.05) is 63.8 Å². The Balaban J connectivity index is 0.969. The Morgan fingerprint density at radius 2 is 1.46 bits per heavy atom. The summed E-state index contributed by atoms with van der Waals surface area (Å²) < 4.78 is 0. The third kappa shape index (κ3) is 5.68. The van der Waals surface area contributed by atoms with Crippen LogP contribution in [0.2, 0.25) is 0 Å². The molecule has 220 valence electrons. The van der Waals surface area contributed by atoms with Crippen LogP contribution in [-0.4, -0.2) is 114 Å². The third-order valence-electron chi connectivity index (χ3n) is 9.53. The lowest BCUT2D eigenvalue weighted by Gasteiger charge is -2.39. The van der Waals surface area contributed by atoms with Gasteiger partial charge in [-0.1, -0.05) is 0 Å². The van der Waals surface area contributed by atoms with E-state index >= 15 is 0 Å². The predicted molar refractivity (Wildman–Crippen MR) is 152 cm³/mol. The Morgan fingerprint density at radius 3 is 2.17 bits per heavy atom. The van der Waals surface area contributed by atoms with E-state index in [1.165, 1.54) is 6.42 Å². The summed E-state index contributed by atoms with van der Waals surface area (Å²) in [7, 11) is 0. The van der Waals surface area contributed by atoms with Crippen LogP contribution < -0.4 is 10.2 Å². The van der Waals surface area contributed by atoms with E-state index in [1.807, 2.05) is 15.9 Å². The van der Waals surface area contributed by atoms with Gasteiger partial charge in [0.25, 0.3) is 11.8 Å². The number of piperazine rings is 1. The number of carbonyl (C=O) groups is 5. The molecule has 6 rings (SSSR count). The van der Waals surface area contributed by atoms with Crippen molar-refractivity contribution in [2.45, 2.75) is 57.4 Å². The number of urea groups is 1. The number of fused-ring (bicyclic) bond motifs is 1. The van der Waals surface area contributed by atoms with Crippen molar-refractivity contribution in [2.24, 2.45) is 5.92 Å². The molecule has 11 nitrogen and oxygen atoms in total. The van der Waals surface area contributed by atoms with Crippen LogP contribution in [0.25, 0.3) is 0 Å². The molecule has 5 aliphatic heterocycles. The molecule has 1 N–H and O–H groups in total. The summed E-state index contributed by atoms with van der Waals surface area (Å²) in [5.41, 5.74) is 1.57. The first-order chi connectivity index (χ1) is 19.9. The number of carbonyl (C=O) groups excluding carboxylic acids is 5. The first-order valence-electron chi connectivity index (χ1n) is 15.3. The lowest BCUT2D eigenvalue weighted by atomic mass is 9.92. The van der Waals surface area contributed by atoms with Gasteiger partial charge in [-0.15, -0.1) is 0 Å². The number of hydrogen-bond donors (Lipinski definition) is 1. The smallest absolute Gasteiger partial charge is 0.320 e. The quantitative estimate of drug-likeness (QED) is 0.544. The molecular weight excluding hydrogens is 524 g/mol. The lowest BCUT2D eigenvalue weighted by molar-refractivity contribution is -0.136.